The number of hydrogen-bond donors (Lipinski definition) is 2. The highest BCUT2D eigenvalue weighted by molar-refractivity contribution is 7.91. The second kappa shape index (κ2) is 5.89. The van der Waals surface area contributed by atoms with Crippen LogP contribution in [0.3, 0.4) is 0 Å². The fraction of sp³-hybridized carbons (Fsp3) is 0.118. The van der Waals surface area contributed by atoms with Gasteiger partial charge in [0.15, 0.2) is 9.84 Å². The summed E-state index contributed by atoms with van der Waals surface area (Å²) in [6, 6.07) is 15.7. The smallest absolute Gasteiger partial charge is 0.268 e. The summed E-state index contributed by atoms with van der Waals surface area (Å²) in [6.45, 7) is 1.88. The van der Waals surface area contributed by atoms with Crippen molar-refractivity contribution in [3.8, 4) is 0 Å². The Morgan fingerprint density at radius 3 is 2.48 bits per heavy atom. The monoisotopic (exact) mass is 328 g/mol. The summed E-state index contributed by atoms with van der Waals surface area (Å²) in [5.74, 6) is -0.888. The first-order chi connectivity index (χ1) is 11.0. The lowest BCUT2D eigenvalue weighted by atomic mass is 10.2. The molecule has 1 heterocycles. The molecular formula is C17H16N2O3S. The first-order valence-corrected chi connectivity index (χ1v) is 8.76. The number of amides is 1. The number of carbonyl (C=O) groups is 1. The summed E-state index contributed by atoms with van der Waals surface area (Å²) in [7, 11) is -3.56. The molecule has 0 saturated heterocycles. The van der Waals surface area contributed by atoms with Crippen LogP contribution in [0.2, 0.25) is 0 Å². The Morgan fingerprint density at radius 1 is 1.09 bits per heavy atom. The van der Waals surface area contributed by atoms with Gasteiger partial charge in [-0.15, -0.1) is 0 Å². The highest BCUT2D eigenvalue weighted by Gasteiger charge is 2.17. The van der Waals surface area contributed by atoms with Crippen LogP contribution >= 0.6 is 0 Å². The summed E-state index contributed by atoms with van der Waals surface area (Å²) in [6.07, 6.45) is 0. The van der Waals surface area contributed by atoms with Crippen LogP contribution in [0.25, 0.3) is 10.9 Å². The van der Waals surface area contributed by atoms with Crippen LogP contribution in [0.1, 0.15) is 16.1 Å². The number of aryl methyl sites for hydroxylation is 1. The van der Waals surface area contributed by atoms with Crippen LogP contribution in [-0.2, 0) is 9.84 Å². The lowest BCUT2D eigenvalue weighted by Crippen LogP contribution is -2.29. The molecule has 0 unspecified atom stereocenters. The van der Waals surface area contributed by atoms with E-state index in [9.17, 15) is 13.2 Å². The summed E-state index contributed by atoms with van der Waals surface area (Å²) in [4.78, 5) is 15.3. The molecule has 6 heteroatoms. The van der Waals surface area contributed by atoms with Crippen molar-refractivity contribution in [3.05, 3.63) is 65.9 Å². The van der Waals surface area contributed by atoms with Crippen LogP contribution in [-0.4, -0.2) is 25.2 Å². The maximum atomic E-state index is 12.2. The third kappa shape index (κ3) is 3.27. The molecule has 118 valence electrons. The summed E-state index contributed by atoms with van der Waals surface area (Å²) < 4.78 is 24.5. The van der Waals surface area contributed by atoms with Crippen LogP contribution in [0.15, 0.2) is 59.5 Å². The molecule has 23 heavy (non-hydrogen) atoms. The molecule has 2 aromatic carbocycles. The number of para-hydroxylation sites is 1. The topological polar surface area (TPSA) is 79.0 Å². The Balaban J connectivity index is 1.74. The zero-order valence-corrected chi connectivity index (χ0v) is 13.4. The largest absolute Gasteiger partial charge is 0.351 e. The Hall–Kier alpha value is -2.60. The minimum Gasteiger partial charge on any atom is -0.351 e. The van der Waals surface area contributed by atoms with E-state index in [1.165, 1.54) is 0 Å². The predicted molar refractivity (Wildman–Crippen MR) is 89.0 cm³/mol. The van der Waals surface area contributed by atoms with Crippen LogP contribution in [0.4, 0.5) is 0 Å². The van der Waals surface area contributed by atoms with E-state index in [1.54, 1.807) is 30.3 Å². The first kappa shape index (κ1) is 15.3. The first-order valence-electron chi connectivity index (χ1n) is 7.11. The maximum Gasteiger partial charge on any atom is 0.268 e. The van der Waals surface area contributed by atoms with Gasteiger partial charge in [-0.25, -0.2) is 8.42 Å². The number of aromatic amines is 1. The Kier molecular flexibility index (Phi) is 3.92. The van der Waals surface area contributed by atoms with Gasteiger partial charge in [0.05, 0.1) is 4.90 Å². The van der Waals surface area contributed by atoms with Crippen molar-refractivity contribution in [3.63, 3.8) is 0 Å². The molecule has 0 saturated carbocycles. The van der Waals surface area contributed by atoms with Gasteiger partial charge in [-0.3, -0.25) is 4.79 Å². The number of H-pyrrole nitrogens is 1. The normalized spacial score (nSPS) is 11.5. The Labute approximate surface area is 134 Å². The molecule has 3 aromatic rings. The van der Waals surface area contributed by atoms with Crippen molar-refractivity contribution in [1.29, 1.82) is 0 Å². The highest BCUT2D eigenvalue weighted by atomic mass is 32.2. The third-order valence-corrected chi connectivity index (χ3v) is 5.09. The van der Waals surface area contributed by atoms with Gasteiger partial charge in [0.25, 0.3) is 5.91 Å². The zero-order chi connectivity index (χ0) is 16.4. The molecule has 0 atom stereocenters. The average molecular weight is 328 g/mol. The van der Waals surface area contributed by atoms with Crippen molar-refractivity contribution >= 4 is 26.6 Å². The lowest BCUT2D eigenvalue weighted by Gasteiger charge is -2.06. The molecule has 5 nitrogen and oxygen atoms in total. The van der Waals surface area contributed by atoms with Crippen molar-refractivity contribution in [2.24, 2.45) is 0 Å². The maximum absolute atomic E-state index is 12.2. The molecule has 0 aliphatic rings. The van der Waals surface area contributed by atoms with E-state index in [4.69, 9.17) is 0 Å². The fourth-order valence-corrected chi connectivity index (χ4v) is 3.32. The molecular weight excluding hydrogens is 312 g/mol. The summed E-state index contributed by atoms with van der Waals surface area (Å²) in [5, 5.41) is 3.36. The highest BCUT2D eigenvalue weighted by Crippen LogP contribution is 2.15. The van der Waals surface area contributed by atoms with E-state index >= 15 is 0 Å². The van der Waals surface area contributed by atoms with E-state index in [2.05, 4.69) is 10.3 Å². The second-order valence-electron chi connectivity index (χ2n) is 5.35. The number of rotatable bonds is 4. The average Bonchev–Trinajstić information content (AvgIpc) is 2.97. The zero-order valence-electron chi connectivity index (χ0n) is 12.5. The van der Waals surface area contributed by atoms with Gasteiger partial charge in [-0.2, -0.15) is 0 Å². The second-order valence-corrected chi connectivity index (χ2v) is 7.34. The van der Waals surface area contributed by atoms with Crippen LogP contribution < -0.4 is 5.32 Å². The predicted octanol–water partition coefficient (Wildman–Crippen LogP) is 2.64. The van der Waals surface area contributed by atoms with Gasteiger partial charge in [-0.05, 0) is 31.2 Å². The molecule has 0 aliphatic carbocycles. The number of hydrogen-bond acceptors (Lipinski definition) is 3. The van der Waals surface area contributed by atoms with Gasteiger partial charge in [-0.1, -0.05) is 35.9 Å². The van der Waals surface area contributed by atoms with Gasteiger partial charge in [0, 0.05) is 10.9 Å². The molecule has 1 amide bonds. The summed E-state index contributed by atoms with van der Waals surface area (Å²) in [5.41, 5.74) is 2.15. The number of fused-ring (bicyclic) bond motifs is 1. The minimum atomic E-state index is -3.56. The molecule has 0 spiro atoms. The van der Waals surface area contributed by atoms with Crippen molar-refractivity contribution in [1.82, 2.24) is 10.3 Å². The molecule has 2 N–H and O–H groups in total. The number of aromatic nitrogens is 1. The van der Waals surface area contributed by atoms with Gasteiger partial charge >= 0.3 is 0 Å². The van der Waals surface area contributed by atoms with E-state index in [0.717, 1.165) is 16.5 Å². The van der Waals surface area contributed by atoms with Crippen molar-refractivity contribution in [2.75, 3.05) is 5.88 Å². The lowest BCUT2D eigenvalue weighted by molar-refractivity contribution is 0.0955. The quantitative estimate of drug-likeness (QED) is 0.773. The summed E-state index contributed by atoms with van der Waals surface area (Å²) >= 11 is 0. The van der Waals surface area contributed by atoms with Gasteiger partial charge in [0.1, 0.15) is 11.6 Å². The molecule has 1 aromatic heterocycles. The van der Waals surface area contributed by atoms with E-state index in [0.29, 0.717) is 5.69 Å². The number of carbonyl (C=O) groups excluding carboxylic acids is 1. The minimum absolute atomic E-state index is 0.194. The van der Waals surface area contributed by atoms with E-state index < -0.39 is 21.6 Å². The molecule has 0 fully saturated rings. The van der Waals surface area contributed by atoms with Crippen LogP contribution in [0.5, 0.6) is 0 Å². The van der Waals surface area contributed by atoms with Gasteiger partial charge in [0.2, 0.25) is 0 Å². The molecule has 0 radical (unpaired) electrons. The molecule has 0 aliphatic heterocycles. The molecule has 0 bridgehead atoms. The number of benzene rings is 2. The SMILES string of the molecule is Cc1ccc(S(=O)(=O)CNC(=O)c2cc3ccccc3[nH]2)cc1. The third-order valence-electron chi connectivity index (χ3n) is 3.58. The van der Waals surface area contributed by atoms with Gasteiger partial charge < -0.3 is 10.3 Å². The molecule has 3 rings (SSSR count). The van der Waals surface area contributed by atoms with Crippen LogP contribution in [0, 0.1) is 6.92 Å². The van der Waals surface area contributed by atoms with Crippen molar-refractivity contribution in [2.45, 2.75) is 11.8 Å². The Morgan fingerprint density at radius 2 is 1.78 bits per heavy atom. The fourth-order valence-electron chi connectivity index (χ4n) is 2.28. The van der Waals surface area contributed by atoms with Crippen molar-refractivity contribution < 1.29 is 13.2 Å². The number of nitrogens with one attached hydrogen (secondary N) is 2. The number of sulfone groups is 1. The van der Waals surface area contributed by atoms with E-state index in [1.807, 2.05) is 31.2 Å². The van der Waals surface area contributed by atoms with E-state index in [-0.39, 0.29) is 4.90 Å². The standard InChI is InChI=1S/C17H16N2O3S/c1-12-6-8-14(9-7-12)23(21,22)11-18-17(20)16-10-13-4-2-3-5-15(13)19-16/h2-10,19H,11H2,1H3,(H,18,20). The Bertz CT molecular complexity index is 924.